The fourth-order valence-corrected chi connectivity index (χ4v) is 2.36. The van der Waals surface area contributed by atoms with Crippen LogP contribution < -0.4 is 0 Å². The zero-order valence-corrected chi connectivity index (χ0v) is 10.1. The lowest BCUT2D eigenvalue weighted by Gasteiger charge is -2.04. The van der Waals surface area contributed by atoms with E-state index in [0.29, 0.717) is 9.71 Å². The van der Waals surface area contributed by atoms with Crippen LogP contribution in [0.4, 0.5) is 13.2 Å². The van der Waals surface area contributed by atoms with Crippen molar-refractivity contribution < 1.29 is 22.7 Å². The molecule has 0 amide bonds. The van der Waals surface area contributed by atoms with E-state index in [4.69, 9.17) is 0 Å². The maximum absolute atomic E-state index is 12.5. The number of methoxy groups -OCH3 is 1. The van der Waals surface area contributed by atoms with Crippen molar-refractivity contribution in [3.05, 3.63) is 28.8 Å². The molecule has 0 aliphatic carbocycles. The maximum atomic E-state index is 12.5. The second kappa shape index (κ2) is 4.56. The number of ether oxygens (including phenoxy) is 1. The molecule has 96 valence electrons. The summed E-state index contributed by atoms with van der Waals surface area (Å²) in [4.78, 5) is 15.0. The third kappa shape index (κ3) is 2.61. The van der Waals surface area contributed by atoms with Gasteiger partial charge in [0.05, 0.1) is 29.3 Å². The largest absolute Gasteiger partial charge is 0.469 e. The number of carbonyl (C=O) groups is 1. The van der Waals surface area contributed by atoms with Gasteiger partial charge in [0.1, 0.15) is 5.01 Å². The lowest BCUT2D eigenvalue weighted by atomic mass is 10.2. The Kier molecular flexibility index (Phi) is 3.25. The van der Waals surface area contributed by atoms with E-state index in [1.807, 2.05) is 0 Å². The van der Waals surface area contributed by atoms with E-state index in [-0.39, 0.29) is 11.9 Å². The van der Waals surface area contributed by atoms with Crippen LogP contribution in [0.2, 0.25) is 0 Å². The number of hydrogen-bond acceptors (Lipinski definition) is 4. The fourth-order valence-electron chi connectivity index (χ4n) is 1.42. The summed E-state index contributed by atoms with van der Waals surface area (Å²) in [5.74, 6) is -0.467. The summed E-state index contributed by atoms with van der Waals surface area (Å²) < 4.78 is 42.6. The van der Waals surface area contributed by atoms with Crippen LogP contribution in [0.25, 0.3) is 10.2 Å². The molecular formula is C11H8F3NO2S. The lowest BCUT2D eigenvalue weighted by Crippen LogP contribution is -2.04. The molecule has 0 fully saturated rings. The van der Waals surface area contributed by atoms with E-state index in [9.17, 15) is 18.0 Å². The Bertz CT molecular complexity index is 591. The van der Waals surface area contributed by atoms with Crippen molar-refractivity contribution in [3.63, 3.8) is 0 Å². The predicted octanol–water partition coefficient (Wildman–Crippen LogP) is 3.03. The molecule has 2 aromatic rings. The Morgan fingerprint density at radius 2 is 2.17 bits per heavy atom. The molecule has 18 heavy (non-hydrogen) atoms. The number of carbonyl (C=O) groups excluding carboxylic acids is 1. The van der Waals surface area contributed by atoms with Crippen molar-refractivity contribution in [3.8, 4) is 0 Å². The van der Waals surface area contributed by atoms with Crippen LogP contribution in [0, 0.1) is 0 Å². The smallest absolute Gasteiger partial charge is 0.416 e. The Hall–Kier alpha value is -1.63. The number of nitrogens with zero attached hydrogens (tertiary/aromatic N) is 1. The third-order valence-corrected chi connectivity index (χ3v) is 3.32. The summed E-state index contributed by atoms with van der Waals surface area (Å²) in [5, 5.41) is 0.441. The van der Waals surface area contributed by atoms with Crippen molar-refractivity contribution in [1.29, 1.82) is 0 Å². The molecule has 3 nitrogen and oxygen atoms in total. The molecule has 0 unspecified atom stereocenters. The fraction of sp³-hybridized carbons (Fsp3) is 0.273. The first-order valence-corrected chi connectivity index (χ1v) is 5.75. The number of thiazole rings is 1. The second-order valence-electron chi connectivity index (χ2n) is 3.54. The number of rotatable bonds is 2. The molecule has 7 heteroatoms. The molecule has 2 rings (SSSR count). The van der Waals surface area contributed by atoms with Crippen LogP contribution in [0.15, 0.2) is 18.2 Å². The van der Waals surface area contributed by atoms with Gasteiger partial charge in [0, 0.05) is 0 Å². The molecule has 1 heterocycles. The molecule has 0 aliphatic heterocycles. The van der Waals surface area contributed by atoms with Crippen LogP contribution >= 0.6 is 11.3 Å². The summed E-state index contributed by atoms with van der Waals surface area (Å²) in [6.07, 6.45) is -4.42. The van der Waals surface area contributed by atoms with Crippen molar-refractivity contribution >= 4 is 27.5 Å². The maximum Gasteiger partial charge on any atom is 0.416 e. The number of fused-ring (bicyclic) bond motifs is 1. The highest BCUT2D eigenvalue weighted by Crippen LogP contribution is 2.32. The second-order valence-corrected chi connectivity index (χ2v) is 4.66. The van der Waals surface area contributed by atoms with E-state index in [1.165, 1.54) is 24.5 Å². The summed E-state index contributed by atoms with van der Waals surface area (Å²) in [5.41, 5.74) is -0.501. The molecule has 0 bridgehead atoms. The van der Waals surface area contributed by atoms with Crippen LogP contribution in [-0.2, 0) is 22.1 Å². The minimum atomic E-state index is -4.39. The number of halogens is 3. The highest BCUT2D eigenvalue weighted by Gasteiger charge is 2.30. The topological polar surface area (TPSA) is 39.2 Å². The average molecular weight is 275 g/mol. The summed E-state index contributed by atoms with van der Waals surface area (Å²) >= 11 is 1.18. The number of aromatic nitrogens is 1. The van der Waals surface area contributed by atoms with E-state index < -0.39 is 17.7 Å². The first kappa shape index (κ1) is 12.8. The van der Waals surface area contributed by atoms with Crippen LogP contribution in [0.5, 0.6) is 0 Å². The van der Waals surface area contributed by atoms with Gasteiger partial charge in [0.2, 0.25) is 0 Å². The lowest BCUT2D eigenvalue weighted by molar-refractivity contribution is -0.140. The molecule has 0 spiro atoms. The van der Waals surface area contributed by atoms with Crippen molar-refractivity contribution in [2.75, 3.05) is 7.11 Å². The summed E-state index contributed by atoms with van der Waals surface area (Å²) in [6, 6.07) is 3.34. The average Bonchev–Trinajstić information content (AvgIpc) is 2.68. The highest BCUT2D eigenvalue weighted by atomic mass is 32.1. The van der Waals surface area contributed by atoms with Crippen molar-refractivity contribution in [2.24, 2.45) is 0 Å². The van der Waals surface area contributed by atoms with E-state index in [0.717, 1.165) is 12.1 Å². The van der Waals surface area contributed by atoms with Crippen LogP contribution in [0.3, 0.4) is 0 Å². The third-order valence-electron chi connectivity index (χ3n) is 2.28. The summed E-state index contributed by atoms with van der Waals surface area (Å²) in [7, 11) is 1.25. The van der Waals surface area contributed by atoms with Gasteiger partial charge in [-0.3, -0.25) is 4.79 Å². The van der Waals surface area contributed by atoms with Gasteiger partial charge >= 0.3 is 12.1 Å². The van der Waals surface area contributed by atoms with Gasteiger partial charge in [-0.2, -0.15) is 13.2 Å². The Balaban J connectivity index is 2.37. The minimum absolute atomic E-state index is 0.0306. The first-order chi connectivity index (χ1) is 8.40. The van der Waals surface area contributed by atoms with E-state index in [1.54, 1.807) is 0 Å². The number of benzene rings is 1. The molecule has 0 saturated carbocycles. The quantitative estimate of drug-likeness (QED) is 0.791. The molecule has 0 atom stereocenters. The predicted molar refractivity (Wildman–Crippen MR) is 60.3 cm³/mol. The zero-order chi connectivity index (χ0) is 13.3. The monoisotopic (exact) mass is 275 g/mol. The summed E-state index contributed by atoms with van der Waals surface area (Å²) in [6.45, 7) is 0. The molecule has 1 aromatic heterocycles. The molecule has 1 aromatic carbocycles. The Labute approximate surface area is 104 Å². The Morgan fingerprint density at radius 3 is 2.78 bits per heavy atom. The molecule has 0 saturated heterocycles. The number of esters is 1. The van der Waals surface area contributed by atoms with E-state index >= 15 is 0 Å². The van der Waals surface area contributed by atoms with Gasteiger partial charge in [0.25, 0.3) is 0 Å². The molecule has 0 radical (unpaired) electrons. The van der Waals surface area contributed by atoms with Gasteiger partial charge in [-0.05, 0) is 18.2 Å². The van der Waals surface area contributed by atoms with Gasteiger partial charge in [-0.15, -0.1) is 11.3 Å². The van der Waals surface area contributed by atoms with Crippen molar-refractivity contribution in [1.82, 2.24) is 4.98 Å². The number of hydrogen-bond donors (Lipinski definition) is 0. The van der Waals surface area contributed by atoms with Crippen molar-refractivity contribution in [2.45, 2.75) is 12.6 Å². The first-order valence-electron chi connectivity index (χ1n) is 4.93. The zero-order valence-electron chi connectivity index (χ0n) is 9.25. The van der Waals surface area contributed by atoms with Gasteiger partial charge in [-0.25, -0.2) is 4.98 Å². The van der Waals surface area contributed by atoms with Gasteiger partial charge < -0.3 is 4.74 Å². The number of alkyl halides is 3. The SMILES string of the molecule is COC(=O)Cc1nc2cc(C(F)(F)F)ccc2s1. The van der Waals surface area contributed by atoms with E-state index in [2.05, 4.69) is 9.72 Å². The van der Waals surface area contributed by atoms with Crippen LogP contribution in [-0.4, -0.2) is 18.1 Å². The Morgan fingerprint density at radius 1 is 1.44 bits per heavy atom. The van der Waals surface area contributed by atoms with Gasteiger partial charge in [0.15, 0.2) is 0 Å². The standard InChI is InChI=1S/C11H8F3NO2S/c1-17-10(16)5-9-15-7-4-6(11(12,13)14)2-3-8(7)18-9/h2-4H,5H2,1H3. The molecule has 0 N–H and O–H groups in total. The highest BCUT2D eigenvalue weighted by molar-refractivity contribution is 7.18. The molecule has 0 aliphatic rings. The molecular weight excluding hydrogens is 267 g/mol. The van der Waals surface area contributed by atoms with Crippen LogP contribution in [0.1, 0.15) is 10.6 Å². The van der Waals surface area contributed by atoms with Gasteiger partial charge in [-0.1, -0.05) is 0 Å². The normalized spacial score (nSPS) is 11.8. The minimum Gasteiger partial charge on any atom is -0.469 e.